The molecule has 2 fully saturated rings. The predicted octanol–water partition coefficient (Wildman–Crippen LogP) is 0.518. The van der Waals surface area contributed by atoms with Crippen molar-refractivity contribution in [3.63, 3.8) is 0 Å². The number of hydrogen-bond acceptors (Lipinski definition) is 4. The molecule has 1 saturated heterocycles. The molecule has 1 saturated carbocycles. The van der Waals surface area contributed by atoms with Crippen molar-refractivity contribution in [2.45, 2.75) is 50.7 Å². The van der Waals surface area contributed by atoms with Crippen LogP contribution in [0.5, 0.6) is 0 Å². The Kier molecular flexibility index (Phi) is 5.19. The summed E-state index contributed by atoms with van der Waals surface area (Å²) < 4.78 is 5.43. The Morgan fingerprint density at radius 2 is 1.95 bits per heavy atom. The summed E-state index contributed by atoms with van der Waals surface area (Å²) in [7, 11) is 0. The van der Waals surface area contributed by atoms with Gasteiger partial charge in [-0.15, -0.1) is 0 Å². The maximum absolute atomic E-state index is 11.6. The van der Waals surface area contributed by atoms with Gasteiger partial charge in [-0.25, -0.2) is 0 Å². The maximum Gasteiger partial charge on any atom is 0.248 e. The van der Waals surface area contributed by atoms with E-state index in [-0.39, 0.29) is 11.4 Å². The number of nitrogens with zero attached hydrogens (tertiary/aromatic N) is 1. The summed E-state index contributed by atoms with van der Waals surface area (Å²) >= 11 is 0. The molecular formula is C14H26N2O3. The minimum absolute atomic E-state index is 0.0760. The van der Waals surface area contributed by atoms with Gasteiger partial charge in [0.15, 0.2) is 0 Å². The lowest BCUT2D eigenvalue weighted by Gasteiger charge is -2.48. The van der Waals surface area contributed by atoms with Gasteiger partial charge in [-0.05, 0) is 19.8 Å². The molecule has 110 valence electrons. The van der Waals surface area contributed by atoms with Crippen LogP contribution in [-0.2, 0) is 9.53 Å². The second-order valence-electron chi connectivity index (χ2n) is 5.78. The van der Waals surface area contributed by atoms with Crippen LogP contribution in [0.2, 0.25) is 0 Å². The Morgan fingerprint density at radius 3 is 2.53 bits per heavy atom. The van der Waals surface area contributed by atoms with Gasteiger partial charge in [-0.3, -0.25) is 9.69 Å². The first-order valence-corrected chi connectivity index (χ1v) is 7.43. The molecule has 0 radical (unpaired) electrons. The van der Waals surface area contributed by atoms with E-state index in [1.807, 2.05) is 0 Å². The molecule has 0 aromatic rings. The summed E-state index contributed by atoms with van der Waals surface area (Å²) in [6.45, 7) is 5.63. The van der Waals surface area contributed by atoms with Crippen LogP contribution in [0.4, 0.5) is 0 Å². The highest BCUT2D eigenvalue weighted by atomic mass is 16.5. The van der Waals surface area contributed by atoms with Crippen molar-refractivity contribution in [1.29, 1.82) is 0 Å². The van der Waals surface area contributed by atoms with Crippen molar-refractivity contribution >= 4 is 5.91 Å². The molecule has 2 rings (SSSR count). The zero-order valence-electron chi connectivity index (χ0n) is 11.9. The number of carbonyl (C=O) groups is 1. The number of morpholine rings is 1. The highest BCUT2D eigenvalue weighted by molar-refractivity contribution is 5.80. The highest BCUT2D eigenvalue weighted by Crippen LogP contribution is 2.33. The third-order valence-electron chi connectivity index (χ3n) is 4.44. The van der Waals surface area contributed by atoms with Crippen LogP contribution in [0.1, 0.15) is 39.0 Å². The molecule has 1 atom stereocenters. The van der Waals surface area contributed by atoms with E-state index in [1.165, 1.54) is 26.2 Å². The summed E-state index contributed by atoms with van der Waals surface area (Å²) in [5, 5.41) is 12.2. The van der Waals surface area contributed by atoms with Gasteiger partial charge in [-0.2, -0.15) is 0 Å². The number of ether oxygens (including phenoxy) is 1. The second-order valence-corrected chi connectivity index (χ2v) is 5.78. The van der Waals surface area contributed by atoms with Crippen molar-refractivity contribution in [2.24, 2.45) is 0 Å². The van der Waals surface area contributed by atoms with E-state index in [9.17, 15) is 9.90 Å². The van der Waals surface area contributed by atoms with E-state index in [0.29, 0.717) is 6.54 Å². The minimum atomic E-state index is -0.926. The van der Waals surface area contributed by atoms with Gasteiger partial charge in [0.25, 0.3) is 0 Å². The highest BCUT2D eigenvalue weighted by Gasteiger charge is 2.38. The molecule has 0 spiro atoms. The third kappa shape index (κ3) is 3.68. The third-order valence-corrected chi connectivity index (χ3v) is 4.44. The Morgan fingerprint density at radius 1 is 1.32 bits per heavy atom. The van der Waals surface area contributed by atoms with E-state index in [4.69, 9.17) is 4.74 Å². The molecular weight excluding hydrogens is 244 g/mol. The standard InChI is InChI=1S/C14H26N2O3/c1-12(17)13(18)15-11-14(5-3-2-4-6-14)16-7-9-19-10-8-16/h12,17H,2-11H2,1H3,(H,15,18). The summed E-state index contributed by atoms with van der Waals surface area (Å²) in [6, 6.07) is 0. The number of hydrogen-bond donors (Lipinski definition) is 2. The van der Waals surface area contributed by atoms with Crippen LogP contribution in [0.25, 0.3) is 0 Å². The number of aliphatic hydroxyl groups is 1. The van der Waals surface area contributed by atoms with Crippen molar-refractivity contribution in [1.82, 2.24) is 10.2 Å². The second kappa shape index (κ2) is 6.68. The van der Waals surface area contributed by atoms with Crippen molar-refractivity contribution in [3.05, 3.63) is 0 Å². The SMILES string of the molecule is CC(O)C(=O)NCC1(N2CCOCC2)CCCCC1. The maximum atomic E-state index is 11.6. The molecule has 19 heavy (non-hydrogen) atoms. The Balaban J connectivity index is 1.99. The normalized spacial score (nSPS) is 25.8. The summed E-state index contributed by atoms with van der Waals surface area (Å²) in [5.41, 5.74) is 0.0760. The van der Waals surface area contributed by atoms with Gasteiger partial charge in [-0.1, -0.05) is 19.3 Å². The first kappa shape index (κ1) is 14.8. The molecule has 1 heterocycles. The van der Waals surface area contributed by atoms with E-state index >= 15 is 0 Å². The lowest BCUT2D eigenvalue weighted by Crippen LogP contribution is -2.60. The Hall–Kier alpha value is -0.650. The average molecular weight is 270 g/mol. The number of rotatable bonds is 4. The summed E-state index contributed by atoms with van der Waals surface area (Å²) in [5.74, 6) is -0.266. The van der Waals surface area contributed by atoms with Crippen LogP contribution < -0.4 is 5.32 Å². The van der Waals surface area contributed by atoms with Gasteiger partial charge in [0.05, 0.1) is 13.2 Å². The number of carbonyl (C=O) groups excluding carboxylic acids is 1. The zero-order chi connectivity index (χ0) is 13.7. The van der Waals surface area contributed by atoms with Gasteiger partial charge in [0.2, 0.25) is 5.91 Å². The molecule has 1 aliphatic heterocycles. The largest absolute Gasteiger partial charge is 0.384 e. The molecule has 0 aromatic carbocycles. The molecule has 1 amide bonds. The minimum Gasteiger partial charge on any atom is -0.384 e. The number of aliphatic hydroxyl groups excluding tert-OH is 1. The fraction of sp³-hybridized carbons (Fsp3) is 0.929. The molecule has 1 unspecified atom stereocenters. The van der Waals surface area contributed by atoms with E-state index in [0.717, 1.165) is 39.1 Å². The monoisotopic (exact) mass is 270 g/mol. The van der Waals surface area contributed by atoms with Crippen molar-refractivity contribution in [3.8, 4) is 0 Å². The first-order valence-electron chi connectivity index (χ1n) is 7.43. The molecule has 1 aliphatic carbocycles. The molecule has 0 aromatic heterocycles. The lowest BCUT2D eigenvalue weighted by molar-refractivity contribution is -0.129. The number of nitrogens with one attached hydrogen (secondary N) is 1. The first-order chi connectivity index (χ1) is 9.14. The fourth-order valence-electron chi connectivity index (χ4n) is 3.25. The summed E-state index contributed by atoms with van der Waals surface area (Å²) in [6.07, 6.45) is 5.07. The van der Waals surface area contributed by atoms with Crippen molar-refractivity contribution in [2.75, 3.05) is 32.8 Å². The van der Waals surface area contributed by atoms with Crippen LogP contribution in [-0.4, -0.2) is 60.4 Å². The predicted molar refractivity (Wildman–Crippen MR) is 72.9 cm³/mol. The molecule has 5 nitrogen and oxygen atoms in total. The lowest BCUT2D eigenvalue weighted by atomic mass is 9.79. The van der Waals surface area contributed by atoms with Crippen molar-refractivity contribution < 1.29 is 14.6 Å². The van der Waals surface area contributed by atoms with Crippen LogP contribution in [0.15, 0.2) is 0 Å². The van der Waals surface area contributed by atoms with E-state index in [2.05, 4.69) is 10.2 Å². The van der Waals surface area contributed by atoms with Crippen LogP contribution in [0, 0.1) is 0 Å². The topological polar surface area (TPSA) is 61.8 Å². The Bertz CT molecular complexity index is 295. The molecule has 2 N–H and O–H groups in total. The average Bonchev–Trinajstić information content (AvgIpc) is 2.46. The fourth-order valence-corrected chi connectivity index (χ4v) is 3.25. The van der Waals surface area contributed by atoms with Gasteiger partial charge >= 0.3 is 0 Å². The quantitative estimate of drug-likeness (QED) is 0.782. The number of amides is 1. The Labute approximate surface area is 115 Å². The molecule has 2 aliphatic rings. The van der Waals surface area contributed by atoms with Gasteiger partial charge < -0.3 is 15.2 Å². The summed E-state index contributed by atoms with van der Waals surface area (Å²) in [4.78, 5) is 14.1. The van der Waals surface area contributed by atoms with Gasteiger partial charge in [0.1, 0.15) is 6.10 Å². The zero-order valence-corrected chi connectivity index (χ0v) is 11.9. The molecule has 0 bridgehead atoms. The van der Waals surface area contributed by atoms with E-state index < -0.39 is 6.10 Å². The van der Waals surface area contributed by atoms with Crippen LogP contribution in [0.3, 0.4) is 0 Å². The van der Waals surface area contributed by atoms with Crippen LogP contribution >= 0.6 is 0 Å². The molecule has 5 heteroatoms. The van der Waals surface area contributed by atoms with E-state index in [1.54, 1.807) is 0 Å². The smallest absolute Gasteiger partial charge is 0.248 e. The van der Waals surface area contributed by atoms with Gasteiger partial charge in [0, 0.05) is 25.2 Å².